The molecule has 1 aliphatic heterocycles. The molecule has 4 nitrogen and oxygen atoms in total. The van der Waals surface area contributed by atoms with Crippen molar-refractivity contribution in [2.24, 2.45) is 11.1 Å². The maximum atomic E-state index is 11.4. The van der Waals surface area contributed by atoms with E-state index in [0.717, 1.165) is 26.2 Å². The smallest absolute Gasteiger partial charge is 0.235 e. The normalized spacial score (nSPS) is 21.9. The van der Waals surface area contributed by atoms with E-state index >= 15 is 0 Å². The molecule has 1 atom stereocenters. The molecule has 1 aliphatic rings. The Kier molecular flexibility index (Phi) is 3.50. The number of nitrogens with zero attached hydrogens (tertiary/aromatic N) is 1. The van der Waals surface area contributed by atoms with E-state index in [1.807, 2.05) is 0 Å². The summed E-state index contributed by atoms with van der Waals surface area (Å²) < 4.78 is 0. The highest BCUT2D eigenvalue weighted by Crippen LogP contribution is 2.24. The van der Waals surface area contributed by atoms with Crippen LogP contribution >= 0.6 is 0 Å². The van der Waals surface area contributed by atoms with Crippen molar-refractivity contribution in [3.8, 4) is 0 Å². The highest BCUT2D eigenvalue weighted by molar-refractivity contribution is 5.80. The van der Waals surface area contributed by atoms with Crippen LogP contribution in [0.4, 0.5) is 0 Å². The van der Waals surface area contributed by atoms with Gasteiger partial charge in [-0.1, -0.05) is 20.8 Å². The number of nitrogens with two attached hydrogens (primary N) is 1. The largest absolute Gasteiger partial charge is 0.368 e. The monoisotopic (exact) mass is 199 g/mol. The zero-order valence-electron chi connectivity index (χ0n) is 9.34. The molecule has 1 unspecified atom stereocenters. The number of primary amides is 1. The molecule has 82 valence electrons. The third-order valence-corrected chi connectivity index (χ3v) is 2.61. The topological polar surface area (TPSA) is 58.4 Å². The molecule has 4 heteroatoms. The van der Waals surface area contributed by atoms with Gasteiger partial charge in [0.25, 0.3) is 0 Å². The van der Waals surface area contributed by atoms with E-state index in [-0.39, 0.29) is 17.4 Å². The fourth-order valence-corrected chi connectivity index (χ4v) is 2.09. The van der Waals surface area contributed by atoms with Gasteiger partial charge in [0.15, 0.2) is 0 Å². The Morgan fingerprint density at radius 2 is 1.86 bits per heavy atom. The van der Waals surface area contributed by atoms with Crippen molar-refractivity contribution in [2.45, 2.75) is 26.8 Å². The van der Waals surface area contributed by atoms with Crippen molar-refractivity contribution in [1.29, 1.82) is 0 Å². The predicted molar refractivity (Wildman–Crippen MR) is 56.9 cm³/mol. The Labute approximate surface area is 85.8 Å². The molecule has 1 fully saturated rings. The van der Waals surface area contributed by atoms with Crippen LogP contribution in [0.1, 0.15) is 20.8 Å². The lowest BCUT2D eigenvalue weighted by Crippen LogP contribution is -2.57. The molecule has 0 aliphatic carbocycles. The minimum Gasteiger partial charge on any atom is -0.368 e. The zero-order chi connectivity index (χ0) is 10.8. The summed E-state index contributed by atoms with van der Waals surface area (Å²) in [6.07, 6.45) is 0. The van der Waals surface area contributed by atoms with Crippen LogP contribution in [0.2, 0.25) is 0 Å². The van der Waals surface area contributed by atoms with Crippen molar-refractivity contribution >= 4 is 5.91 Å². The standard InChI is InChI=1S/C10H21N3O/c1-10(2,3)8(9(11)14)13-6-4-12-5-7-13/h8,12H,4-7H2,1-3H3,(H2,11,14). The molecule has 14 heavy (non-hydrogen) atoms. The number of amides is 1. The first-order valence-electron chi connectivity index (χ1n) is 5.17. The first-order valence-corrected chi connectivity index (χ1v) is 5.17. The Morgan fingerprint density at radius 3 is 2.21 bits per heavy atom. The highest BCUT2D eigenvalue weighted by atomic mass is 16.1. The number of nitrogens with one attached hydrogen (secondary N) is 1. The van der Waals surface area contributed by atoms with Gasteiger partial charge in [-0.2, -0.15) is 0 Å². The lowest BCUT2D eigenvalue weighted by atomic mass is 9.85. The third-order valence-electron chi connectivity index (χ3n) is 2.61. The van der Waals surface area contributed by atoms with Crippen LogP contribution in [0, 0.1) is 5.41 Å². The van der Waals surface area contributed by atoms with Gasteiger partial charge in [0.1, 0.15) is 0 Å². The average molecular weight is 199 g/mol. The maximum Gasteiger partial charge on any atom is 0.235 e. The number of hydrogen-bond donors (Lipinski definition) is 2. The number of carbonyl (C=O) groups excluding carboxylic acids is 1. The molecule has 0 bridgehead atoms. The summed E-state index contributed by atoms with van der Waals surface area (Å²) in [4.78, 5) is 13.6. The second kappa shape index (κ2) is 4.28. The van der Waals surface area contributed by atoms with Crippen molar-refractivity contribution in [3.63, 3.8) is 0 Å². The number of hydrogen-bond acceptors (Lipinski definition) is 3. The summed E-state index contributed by atoms with van der Waals surface area (Å²) in [7, 11) is 0. The molecular weight excluding hydrogens is 178 g/mol. The summed E-state index contributed by atoms with van der Waals surface area (Å²) in [6, 6.07) is -0.149. The molecule has 0 aromatic carbocycles. The van der Waals surface area contributed by atoms with E-state index in [4.69, 9.17) is 5.73 Å². The van der Waals surface area contributed by atoms with E-state index in [1.165, 1.54) is 0 Å². The molecule has 0 aromatic rings. The van der Waals surface area contributed by atoms with E-state index < -0.39 is 0 Å². The molecule has 0 saturated carbocycles. The van der Waals surface area contributed by atoms with Crippen LogP contribution in [0.3, 0.4) is 0 Å². The van der Waals surface area contributed by atoms with Crippen LogP contribution in [0.15, 0.2) is 0 Å². The van der Waals surface area contributed by atoms with Gasteiger partial charge in [-0.25, -0.2) is 0 Å². The molecule has 0 aromatic heterocycles. The molecule has 0 spiro atoms. The van der Waals surface area contributed by atoms with E-state index in [0.29, 0.717) is 0 Å². The van der Waals surface area contributed by atoms with Gasteiger partial charge in [-0.15, -0.1) is 0 Å². The van der Waals surface area contributed by atoms with E-state index in [9.17, 15) is 4.79 Å². The van der Waals surface area contributed by atoms with Gasteiger partial charge in [-0.05, 0) is 5.41 Å². The first-order chi connectivity index (χ1) is 6.43. The van der Waals surface area contributed by atoms with Gasteiger partial charge in [0.2, 0.25) is 5.91 Å². The first kappa shape index (κ1) is 11.5. The van der Waals surface area contributed by atoms with Crippen LogP contribution in [0.5, 0.6) is 0 Å². The summed E-state index contributed by atoms with van der Waals surface area (Å²) >= 11 is 0. The second-order valence-corrected chi connectivity index (χ2v) is 4.96. The zero-order valence-corrected chi connectivity index (χ0v) is 9.34. The molecule has 1 saturated heterocycles. The van der Waals surface area contributed by atoms with Crippen LogP contribution in [-0.2, 0) is 4.79 Å². The number of carbonyl (C=O) groups is 1. The van der Waals surface area contributed by atoms with Crippen LogP contribution in [-0.4, -0.2) is 43.0 Å². The highest BCUT2D eigenvalue weighted by Gasteiger charge is 2.35. The van der Waals surface area contributed by atoms with Crippen molar-refractivity contribution in [1.82, 2.24) is 10.2 Å². The Bertz CT molecular complexity index is 204. The molecule has 0 radical (unpaired) electrons. The summed E-state index contributed by atoms with van der Waals surface area (Å²) in [5.41, 5.74) is 5.37. The molecule has 1 heterocycles. The fourth-order valence-electron chi connectivity index (χ4n) is 2.09. The SMILES string of the molecule is CC(C)(C)C(C(N)=O)N1CCNCC1. The van der Waals surface area contributed by atoms with Crippen molar-refractivity contribution in [2.75, 3.05) is 26.2 Å². The Hall–Kier alpha value is -0.610. The quantitative estimate of drug-likeness (QED) is 0.647. The second-order valence-electron chi connectivity index (χ2n) is 4.96. The Morgan fingerprint density at radius 1 is 1.36 bits per heavy atom. The van der Waals surface area contributed by atoms with Gasteiger partial charge in [0.05, 0.1) is 6.04 Å². The van der Waals surface area contributed by atoms with Gasteiger partial charge < -0.3 is 11.1 Å². The van der Waals surface area contributed by atoms with E-state index in [1.54, 1.807) is 0 Å². The minimum absolute atomic E-state index is 0.0802. The van der Waals surface area contributed by atoms with Crippen molar-refractivity contribution < 1.29 is 4.79 Å². The van der Waals surface area contributed by atoms with Crippen molar-refractivity contribution in [3.05, 3.63) is 0 Å². The molecule has 1 rings (SSSR count). The van der Waals surface area contributed by atoms with E-state index in [2.05, 4.69) is 31.0 Å². The lowest BCUT2D eigenvalue weighted by molar-refractivity contribution is -0.127. The molecular formula is C10H21N3O. The summed E-state index contributed by atoms with van der Waals surface area (Å²) in [6.45, 7) is 9.88. The van der Waals surface area contributed by atoms with Crippen LogP contribution < -0.4 is 11.1 Å². The molecule has 3 N–H and O–H groups in total. The maximum absolute atomic E-state index is 11.4. The van der Waals surface area contributed by atoms with Gasteiger partial charge >= 0.3 is 0 Å². The average Bonchev–Trinajstić information content (AvgIpc) is 2.02. The number of rotatable bonds is 2. The van der Waals surface area contributed by atoms with Gasteiger partial charge in [0, 0.05) is 26.2 Å². The lowest BCUT2D eigenvalue weighted by Gasteiger charge is -2.40. The fraction of sp³-hybridized carbons (Fsp3) is 0.900. The number of piperazine rings is 1. The van der Waals surface area contributed by atoms with Gasteiger partial charge in [-0.3, -0.25) is 9.69 Å². The Balaban J connectivity index is 2.71. The van der Waals surface area contributed by atoms with Crippen LogP contribution in [0.25, 0.3) is 0 Å². The third kappa shape index (κ3) is 2.69. The summed E-state index contributed by atoms with van der Waals surface area (Å²) in [5, 5.41) is 3.27. The molecule has 1 amide bonds. The minimum atomic E-state index is -0.209. The predicted octanol–water partition coefficient (Wildman–Crippen LogP) is -0.208. The summed E-state index contributed by atoms with van der Waals surface area (Å²) in [5.74, 6) is -0.209.